The Morgan fingerprint density at radius 1 is 1.35 bits per heavy atom. The van der Waals surface area contributed by atoms with Crippen LogP contribution in [0.4, 0.5) is 5.82 Å². The Labute approximate surface area is 108 Å². The highest BCUT2D eigenvalue weighted by atomic mass is 32.2. The summed E-state index contributed by atoms with van der Waals surface area (Å²) in [5.41, 5.74) is 1.14. The van der Waals surface area contributed by atoms with Crippen LogP contribution in [0, 0.1) is 5.92 Å². The molecule has 0 aromatic carbocycles. The maximum absolute atomic E-state index is 4.28. The van der Waals surface area contributed by atoms with Gasteiger partial charge in [0.25, 0.3) is 0 Å². The number of hydrogen-bond acceptors (Lipinski definition) is 4. The SMILES string of the molecule is CCCc1cc(NCC2CCSCC2)ncn1. The number of rotatable bonds is 5. The van der Waals surface area contributed by atoms with E-state index in [1.54, 1.807) is 6.33 Å². The molecule has 1 fully saturated rings. The monoisotopic (exact) mass is 251 g/mol. The van der Waals surface area contributed by atoms with Gasteiger partial charge in [-0.1, -0.05) is 13.3 Å². The number of thioether (sulfide) groups is 1. The lowest BCUT2D eigenvalue weighted by molar-refractivity contribution is 0.515. The van der Waals surface area contributed by atoms with E-state index in [1.165, 1.54) is 24.3 Å². The molecule has 4 heteroatoms. The van der Waals surface area contributed by atoms with Gasteiger partial charge in [0.1, 0.15) is 12.1 Å². The van der Waals surface area contributed by atoms with Crippen molar-refractivity contribution in [3.63, 3.8) is 0 Å². The predicted octanol–water partition coefficient (Wildman–Crippen LogP) is 2.98. The van der Waals surface area contributed by atoms with Crippen LogP contribution in [-0.4, -0.2) is 28.0 Å². The highest BCUT2D eigenvalue weighted by molar-refractivity contribution is 7.99. The zero-order chi connectivity index (χ0) is 11.9. The van der Waals surface area contributed by atoms with E-state index in [0.717, 1.165) is 36.8 Å². The zero-order valence-electron chi connectivity index (χ0n) is 10.5. The summed E-state index contributed by atoms with van der Waals surface area (Å²) in [6.45, 7) is 3.23. The Hall–Kier alpha value is -0.770. The van der Waals surface area contributed by atoms with Gasteiger partial charge in [0, 0.05) is 18.3 Å². The Morgan fingerprint density at radius 3 is 2.94 bits per heavy atom. The van der Waals surface area contributed by atoms with Gasteiger partial charge in [-0.05, 0) is 36.7 Å². The fourth-order valence-corrected chi connectivity index (χ4v) is 3.29. The highest BCUT2D eigenvalue weighted by Gasteiger charge is 2.13. The molecule has 1 aliphatic rings. The smallest absolute Gasteiger partial charge is 0.129 e. The quantitative estimate of drug-likeness (QED) is 0.873. The van der Waals surface area contributed by atoms with Gasteiger partial charge >= 0.3 is 0 Å². The second kappa shape index (κ2) is 6.84. The molecule has 1 aromatic heterocycles. The average molecular weight is 251 g/mol. The molecule has 0 radical (unpaired) electrons. The van der Waals surface area contributed by atoms with Crippen LogP contribution >= 0.6 is 11.8 Å². The first-order valence-electron chi connectivity index (χ1n) is 6.51. The number of aromatic nitrogens is 2. The Morgan fingerprint density at radius 2 is 2.18 bits per heavy atom. The zero-order valence-corrected chi connectivity index (χ0v) is 11.3. The fraction of sp³-hybridized carbons (Fsp3) is 0.692. The standard InChI is InChI=1S/C13H21N3S/c1-2-3-12-8-13(16-10-15-12)14-9-11-4-6-17-7-5-11/h8,10-11H,2-7,9H2,1H3,(H,14,15,16). The van der Waals surface area contributed by atoms with Gasteiger partial charge in [0.05, 0.1) is 0 Å². The minimum Gasteiger partial charge on any atom is -0.370 e. The summed E-state index contributed by atoms with van der Waals surface area (Å²) < 4.78 is 0. The van der Waals surface area contributed by atoms with E-state index in [1.807, 2.05) is 0 Å². The molecule has 94 valence electrons. The second-order valence-electron chi connectivity index (χ2n) is 4.58. The molecular formula is C13H21N3S. The van der Waals surface area contributed by atoms with Crippen molar-refractivity contribution < 1.29 is 0 Å². The number of anilines is 1. The number of hydrogen-bond donors (Lipinski definition) is 1. The van der Waals surface area contributed by atoms with E-state index in [0.29, 0.717) is 0 Å². The summed E-state index contributed by atoms with van der Waals surface area (Å²) in [7, 11) is 0. The van der Waals surface area contributed by atoms with Crippen LogP contribution in [0.1, 0.15) is 31.9 Å². The summed E-state index contributed by atoms with van der Waals surface area (Å²) in [6.07, 6.45) is 6.52. The number of nitrogens with one attached hydrogen (secondary N) is 1. The molecule has 0 saturated carbocycles. The molecule has 1 saturated heterocycles. The van der Waals surface area contributed by atoms with E-state index in [2.05, 4.69) is 40.0 Å². The molecule has 0 bridgehead atoms. The molecule has 2 heterocycles. The van der Waals surface area contributed by atoms with Crippen LogP contribution in [0.25, 0.3) is 0 Å². The van der Waals surface area contributed by atoms with Gasteiger partial charge in [-0.25, -0.2) is 9.97 Å². The molecule has 0 aliphatic carbocycles. The highest BCUT2D eigenvalue weighted by Crippen LogP contribution is 2.22. The topological polar surface area (TPSA) is 37.8 Å². The minimum atomic E-state index is 0.820. The molecule has 0 atom stereocenters. The van der Waals surface area contributed by atoms with Crippen LogP contribution < -0.4 is 5.32 Å². The van der Waals surface area contributed by atoms with Gasteiger partial charge in [0.15, 0.2) is 0 Å². The molecule has 1 N–H and O–H groups in total. The Bertz CT molecular complexity index is 337. The van der Waals surface area contributed by atoms with E-state index in [9.17, 15) is 0 Å². The molecule has 0 spiro atoms. The molecular weight excluding hydrogens is 230 g/mol. The normalized spacial score (nSPS) is 17.0. The van der Waals surface area contributed by atoms with Gasteiger partial charge in [-0.15, -0.1) is 0 Å². The third-order valence-electron chi connectivity index (χ3n) is 3.14. The van der Waals surface area contributed by atoms with Crippen molar-refractivity contribution in [2.45, 2.75) is 32.6 Å². The largest absolute Gasteiger partial charge is 0.370 e. The Balaban J connectivity index is 1.83. The molecule has 1 aliphatic heterocycles. The maximum atomic E-state index is 4.28. The third-order valence-corrected chi connectivity index (χ3v) is 4.19. The van der Waals surface area contributed by atoms with E-state index >= 15 is 0 Å². The lowest BCUT2D eigenvalue weighted by Crippen LogP contribution is -2.19. The molecule has 3 nitrogen and oxygen atoms in total. The van der Waals surface area contributed by atoms with Gasteiger partial charge in [-0.2, -0.15) is 11.8 Å². The van der Waals surface area contributed by atoms with Crippen molar-refractivity contribution >= 4 is 17.6 Å². The van der Waals surface area contributed by atoms with Crippen molar-refractivity contribution in [2.75, 3.05) is 23.4 Å². The van der Waals surface area contributed by atoms with Crippen LogP contribution in [0.5, 0.6) is 0 Å². The van der Waals surface area contributed by atoms with Crippen molar-refractivity contribution in [2.24, 2.45) is 5.92 Å². The third kappa shape index (κ3) is 4.19. The maximum Gasteiger partial charge on any atom is 0.129 e. The van der Waals surface area contributed by atoms with Gasteiger partial charge in [0.2, 0.25) is 0 Å². The molecule has 0 unspecified atom stereocenters. The van der Waals surface area contributed by atoms with Crippen LogP contribution in [0.3, 0.4) is 0 Å². The van der Waals surface area contributed by atoms with Crippen LogP contribution in [0.15, 0.2) is 12.4 Å². The fourth-order valence-electron chi connectivity index (χ4n) is 2.09. The Kier molecular flexibility index (Phi) is 5.10. The van der Waals surface area contributed by atoms with E-state index < -0.39 is 0 Å². The lowest BCUT2D eigenvalue weighted by Gasteiger charge is -2.21. The first-order valence-corrected chi connectivity index (χ1v) is 7.66. The number of aryl methyl sites for hydroxylation is 1. The first-order chi connectivity index (χ1) is 8.38. The van der Waals surface area contributed by atoms with E-state index in [-0.39, 0.29) is 0 Å². The van der Waals surface area contributed by atoms with Crippen molar-refractivity contribution in [3.8, 4) is 0 Å². The summed E-state index contributed by atoms with van der Waals surface area (Å²) in [6, 6.07) is 2.08. The molecule has 1 aromatic rings. The van der Waals surface area contributed by atoms with Gasteiger partial charge < -0.3 is 5.32 Å². The van der Waals surface area contributed by atoms with Crippen molar-refractivity contribution in [1.29, 1.82) is 0 Å². The summed E-state index contributed by atoms with van der Waals surface area (Å²) >= 11 is 2.08. The van der Waals surface area contributed by atoms with Crippen LogP contribution in [0.2, 0.25) is 0 Å². The van der Waals surface area contributed by atoms with Crippen molar-refractivity contribution in [1.82, 2.24) is 9.97 Å². The summed E-state index contributed by atoms with van der Waals surface area (Å²) in [5.74, 6) is 4.44. The lowest BCUT2D eigenvalue weighted by atomic mass is 10.0. The number of nitrogens with zero attached hydrogens (tertiary/aromatic N) is 2. The first kappa shape index (κ1) is 12.7. The van der Waals surface area contributed by atoms with Crippen LogP contribution in [-0.2, 0) is 6.42 Å². The van der Waals surface area contributed by atoms with E-state index in [4.69, 9.17) is 0 Å². The second-order valence-corrected chi connectivity index (χ2v) is 5.81. The molecule has 0 amide bonds. The molecule has 2 rings (SSSR count). The average Bonchev–Trinajstić information content (AvgIpc) is 2.39. The summed E-state index contributed by atoms with van der Waals surface area (Å²) in [5, 5.41) is 3.45. The minimum absolute atomic E-state index is 0.820. The molecule has 17 heavy (non-hydrogen) atoms. The van der Waals surface area contributed by atoms with Crippen molar-refractivity contribution in [3.05, 3.63) is 18.1 Å². The summed E-state index contributed by atoms with van der Waals surface area (Å²) in [4.78, 5) is 8.55. The van der Waals surface area contributed by atoms with Gasteiger partial charge in [-0.3, -0.25) is 0 Å². The predicted molar refractivity (Wildman–Crippen MR) is 74.6 cm³/mol.